The van der Waals surface area contributed by atoms with Gasteiger partial charge in [-0.25, -0.2) is 0 Å². The molecule has 0 heterocycles. The van der Waals surface area contributed by atoms with Crippen molar-refractivity contribution in [1.29, 1.82) is 0 Å². The number of carboxylic acids is 2. The van der Waals surface area contributed by atoms with Crippen molar-refractivity contribution in [1.82, 2.24) is 0 Å². The molecule has 32 heavy (non-hydrogen) atoms. The highest BCUT2D eigenvalue weighted by Gasteiger charge is 2.44. The molecule has 4 heteroatoms. The lowest BCUT2D eigenvalue weighted by molar-refractivity contribution is -0.156. The minimum absolute atomic E-state index is 0.0286. The van der Waals surface area contributed by atoms with Crippen LogP contribution in [0.1, 0.15) is 156 Å². The Morgan fingerprint density at radius 2 is 1.00 bits per heavy atom. The van der Waals surface area contributed by atoms with Crippen LogP contribution in [-0.4, -0.2) is 22.2 Å². The zero-order valence-electron chi connectivity index (χ0n) is 21.6. The summed E-state index contributed by atoms with van der Waals surface area (Å²) in [6.45, 7) is 6.59. The molecule has 0 fully saturated rings. The van der Waals surface area contributed by atoms with Crippen LogP contribution in [0.4, 0.5) is 0 Å². The molecule has 2 atom stereocenters. The predicted molar refractivity (Wildman–Crippen MR) is 135 cm³/mol. The average Bonchev–Trinajstić information content (AvgIpc) is 2.76. The number of rotatable bonds is 24. The van der Waals surface area contributed by atoms with Crippen LogP contribution in [0, 0.1) is 11.3 Å². The van der Waals surface area contributed by atoms with Gasteiger partial charge in [0.25, 0.3) is 0 Å². The van der Waals surface area contributed by atoms with Gasteiger partial charge in [-0.3, -0.25) is 9.59 Å². The first-order valence-electron chi connectivity index (χ1n) is 13.9. The number of hydrogen-bond acceptors (Lipinski definition) is 2. The summed E-state index contributed by atoms with van der Waals surface area (Å²) in [6, 6.07) is 0. The average molecular weight is 455 g/mol. The van der Waals surface area contributed by atoms with Crippen LogP contribution in [0.2, 0.25) is 0 Å². The second-order valence-electron chi connectivity index (χ2n) is 9.98. The van der Waals surface area contributed by atoms with Crippen molar-refractivity contribution in [3.8, 4) is 0 Å². The Kier molecular flexibility index (Phi) is 19.9. The topological polar surface area (TPSA) is 74.6 Å². The molecule has 0 amide bonds. The van der Waals surface area contributed by atoms with Crippen LogP contribution >= 0.6 is 0 Å². The Balaban J connectivity index is 5.19. The molecule has 0 saturated heterocycles. The Labute approximate surface area is 199 Å². The highest BCUT2D eigenvalue weighted by molar-refractivity contribution is 5.75. The lowest BCUT2D eigenvalue weighted by Gasteiger charge is -2.38. The van der Waals surface area contributed by atoms with Gasteiger partial charge >= 0.3 is 11.9 Å². The Hall–Kier alpha value is -1.06. The molecule has 0 rings (SSSR count). The summed E-state index contributed by atoms with van der Waals surface area (Å²) in [5.74, 6) is -1.51. The maximum absolute atomic E-state index is 12.8. The molecule has 190 valence electrons. The van der Waals surface area contributed by atoms with Gasteiger partial charge in [0.1, 0.15) is 0 Å². The minimum Gasteiger partial charge on any atom is -0.481 e. The lowest BCUT2D eigenvalue weighted by Crippen LogP contribution is -2.39. The predicted octanol–water partition coefficient (Wildman–Crippen LogP) is 9.01. The number of carbonyl (C=O) groups is 2. The maximum atomic E-state index is 12.8. The van der Waals surface area contributed by atoms with Crippen molar-refractivity contribution in [3.05, 3.63) is 0 Å². The SMILES string of the molecule is CCCCCCCCCCC(CCCCCC)(C(=O)O)C(CCCCCC)CCC(=O)O. The van der Waals surface area contributed by atoms with E-state index in [1.165, 1.54) is 44.9 Å². The van der Waals surface area contributed by atoms with Crippen molar-refractivity contribution in [2.24, 2.45) is 11.3 Å². The summed E-state index contributed by atoms with van der Waals surface area (Å²) < 4.78 is 0. The molecule has 0 aliphatic heterocycles. The first-order valence-corrected chi connectivity index (χ1v) is 13.9. The minimum atomic E-state index is -0.805. The van der Waals surface area contributed by atoms with E-state index in [9.17, 15) is 19.8 Å². The molecule has 0 aromatic heterocycles. The van der Waals surface area contributed by atoms with Crippen molar-refractivity contribution in [2.45, 2.75) is 156 Å². The molecule has 0 radical (unpaired) electrons. The van der Waals surface area contributed by atoms with Crippen LogP contribution in [0.5, 0.6) is 0 Å². The fourth-order valence-corrected chi connectivity index (χ4v) is 5.18. The molecular weight excluding hydrogens is 400 g/mol. The van der Waals surface area contributed by atoms with Gasteiger partial charge in [0.2, 0.25) is 0 Å². The Morgan fingerprint density at radius 1 is 0.594 bits per heavy atom. The number of unbranched alkanes of at least 4 members (excludes halogenated alkanes) is 13. The third-order valence-corrected chi connectivity index (χ3v) is 7.27. The maximum Gasteiger partial charge on any atom is 0.309 e. The Morgan fingerprint density at radius 3 is 1.44 bits per heavy atom. The van der Waals surface area contributed by atoms with Crippen LogP contribution in [0.25, 0.3) is 0 Å². The van der Waals surface area contributed by atoms with Crippen molar-refractivity contribution < 1.29 is 19.8 Å². The Bertz CT molecular complexity index is 462. The third kappa shape index (κ3) is 14.2. The standard InChI is InChI=1S/C28H54O4/c1-4-7-10-13-14-15-16-19-24-28(27(31)32,23-18-12-9-6-3)25(21-22-26(29)30)20-17-11-8-5-2/h25H,4-24H2,1-3H3,(H,29,30)(H,31,32). The fraction of sp³-hybridized carbons (Fsp3) is 0.929. The number of aliphatic carboxylic acids is 2. The van der Waals surface area contributed by atoms with Gasteiger partial charge in [-0.15, -0.1) is 0 Å². The van der Waals surface area contributed by atoms with E-state index in [1.54, 1.807) is 0 Å². The molecule has 0 spiro atoms. The zero-order valence-corrected chi connectivity index (χ0v) is 21.6. The largest absolute Gasteiger partial charge is 0.481 e. The van der Waals surface area contributed by atoms with E-state index < -0.39 is 17.4 Å². The molecule has 0 aromatic rings. The van der Waals surface area contributed by atoms with Gasteiger partial charge < -0.3 is 10.2 Å². The molecule has 0 saturated carbocycles. The van der Waals surface area contributed by atoms with Crippen molar-refractivity contribution >= 4 is 11.9 Å². The monoisotopic (exact) mass is 454 g/mol. The van der Waals surface area contributed by atoms with Gasteiger partial charge in [-0.2, -0.15) is 0 Å². The van der Waals surface area contributed by atoms with E-state index in [1.807, 2.05) is 0 Å². The summed E-state index contributed by atoms with van der Waals surface area (Å²) in [5, 5.41) is 19.8. The normalized spacial score (nSPS) is 14.2. The molecule has 4 nitrogen and oxygen atoms in total. The molecule has 2 N–H and O–H groups in total. The smallest absolute Gasteiger partial charge is 0.309 e. The van der Waals surface area contributed by atoms with E-state index in [-0.39, 0.29) is 12.3 Å². The first kappa shape index (κ1) is 30.9. The third-order valence-electron chi connectivity index (χ3n) is 7.27. The molecule has 0 aliphatic rings. The summed E-state index contributed by atoms with van der Waals surface area (Å²) >= 11 is 0. The van der Waals surface area contributed by atoms with Gasteiger partial charge in [-0.05, 0) is 31.6 Å². The highest BCUT2D eigenvalue weighted by Crippen LogP contribution is 2.44. The van der Waals surface area contributed by atoms with E-state index in [0.717, 1.165) is 64.2 Å². The van der Waals surface area contributed by atoms with Crippen molar-refractivity contribution in [2.75, 3.05) is 0 Å². The number of hydrogen-bond donors (Lipinski definition) is 2. The van der Waals surface area contributed by atoms with Gasteiger partial charge in [0, 0.05) is 6.42 Å². The first-order chi connectivity index (χ1) is 15.4. The molecule has 0 aromatic carbocycles. The van der Waals surface area contributed by atoms with Crippen molar-refractivity contribution in [3.63, 3.8) is 0 Å². The van der Waals surface area contributed by atoms with E-state index in [4.69, 9.17) is 0 Å². The second kappa shape index (κ2) is 20.5. The summed E-state index contributed by atoms with van der Waals surface area (Å²) in [4.78, 5) is 24.1. The summed E-state index contributed by atoms with van der Waals surface area (Å²) in [6.07, 6.45) is 21.2. The van der Waals surface area contributed by atoms with Crippen LogP contribution in [-0.2, 0) is 9.59 Å². The van der Waals surface area contributed by atoms with Gasteiger partial charge in [-0.1, -0.05) is 124 Å². The zero-order chi connectivity index (χ0) is 24.1. The molecule has 0 bridgehead atoms. The van der Waals surface area contributed by atoms with Gasteiger partial charge in [0.05, 0.1) is 5.41 Å². The highest BCUT2D eigenvalue weighted by atomic mass is 16.4. The van der Waals surface area contributed by atoms with E-state index in [2.05, 4.69) is 20.8 Å². The molecule has 2 unspecified atom stereocenters. The summed E-state index contributed by atoms with van der Waals surface area (Å²) in [5.41, 5.74) is -0.752. The fourth-order valence-electron chi connectivity index (χ4n) is 5.18. The lowest BCUT2D eigenvalue weighted by atomic mass is 9.65. The second-order valence-corrected chi connectivity index (χ2v) is 9.98. The summed E-state index contributed by atoms with van der Waals surface area (Å²) in [7, 11) is 0. The van der Waals surface area contributed by atoms with Crippen LogP contribution in [0.3, 0.4) is 0 Å². The van der Waals surface area contributed by atoms with E-state index >= 15 is 0 Å². The van der Waals surface area contributed by atoms with Crippen LogP contribution < -0.4 is 0 Å². The molecule has 0 aliphatic carbocycles. The van der Waals surface area contributed by atoms with Gasteiger partial charge in [0.15, 0.2) is 0 Å². The quantitative estimate of drug-likeness (QED) is 0.143. The van der Waals surface area contributed by atoms with Crippen LogP contribution in [0.15, 0.2) is 0 Å². The number of carboxylic acid groups (broad SMARTS) is 2. The van der Waals surface area contributed by atoms with E-state index in [0.29, 0.717) is 19.3 Å². The molecular formula is C28H54O4.